The number of benzene rings is 1. The summed E-state index contributed by atoms with van der Waals surface area (Å²) in [7, 11) is 0. The standard InChI is InChI=1S/C15H19NO2/c1-15(2,3)10-5-4-9-6-12-14(11(9)7-10)16-13(17)8-18-12/h4-5,7,12,14H,6,8H2,1-3H3,(H,16,17)/t12?,14-/m1/s1. The van der Waals surface area contributed by atoms with Crippen molar-refractivity contribution < 1.29 is 9.53 Å². The molecule has 2 atom stereocenters. The van der Waals surface area contributed by atoms with E-state index in [1.165, 1.54) is 16.7 Å². The Kier molecular flexibility index (Phi) is 2.49. The minimum atomic E-state index is -0.00902. The summed E-state index contributed by atoms with van der Waals surface area (Å²) in [5, 5.41) is 3.05. The van der Waals surface area contributed by atoms with Crippen LogP contribution in [0.15, 0.2) is 18.2 Å². The van der Waals surface area contributed by atoms with Crippen LogP contribution in [0, 0.1) is 0 Å². The van der Waals surface area contributed by atoms with E-state index in [0.717, 1.165) is 6.42 Å². The summed E-state index contributed by atoms with van der Waals surface area (Å²) in [6, 6.07) is 6.65. The first kappa shape index (κ1) is 11.7. The van der Waals surface area contributed by atoms with E-state index in [1.807, 2.05) is 0 Å². The molecule has 1 aromatic rings. The van der Waals surface area contributed by atoms with E-state index in [1.54, 1.807) is 0 Å². The predicted octanol–water partition coefficient (Wildman–Crippen LogP) is 2.10. The van der Waals surface area contributed by atoms with Gasteiger partial charge in [0.15, 0.2) is 0 Å². The molecule has 1 aromatic carbocycles. The van der Waals surface area contributed by atoms with Crippen LogP contribution >= 0.6 is 0 Å². The van der Waals surface area contributed by atoms with E-state index in [4.69, 9.17) is 4.74 Å². The molecule has 1 amide bonds. The van der Waals surface area contributed by atoms with Gasteiger partial charge < -0.3 is 10.1 Å². The lowest BCUT2D eigenvalue weighted by Crippen LogP contribution is -2.43. The summed E-state index contributed by atoms with van der Waals surface area (Å²) in [5.41, 5.74) is 3.98. The average molecular weight is 245 g/mol. The Morgan fingerprint density at radius 1 is 1.33 bits per heavy atom. The van der Waals surface area contributed by atoms with E-state index in [9.17, 15) is 4.79 Å². The summed E-state index contributed by atoms with van der Waals surface area (Å²) in [6.45, 7) is 6.81. The molecule has 1 saturated heterocycles. The minimum Gasteiger partial charge on any atom is -0.366 e. The van der Waals surface area contributed by atoms with Crippen LogP contribution in [0.5, 0.6) is 0 Å². The lowest BCUT2D eigenvalue weighted by atomic mass is 9.85. The quantitative estimate of drug-likeness (QED) is 0.760. The molecule has 1 aliphatic carbocycles. The molecule has 0 aromatic heterocycles. The fourth-order valence-electron chi connectivity index (χ4n) is 2.80. The van der Waals surface area contributed by atoms with Crippen molar-refractivity contribution in [2.24, 2.45) is 0 Å². The van der Waals surface area contributed by atoms with Crippen molar-refractivity contribution in [2.45, 2.75) is 44.8 Å². The maximum atomic E-state index is 11.5. The van der Waals surface area contributed by atoms with Gasteiger partial charge >= 0.3 is 0 Å². The number of hydrogen-bond donors (Lipinski definition) is 1. The molecule has 0 spiro atoms. The number of fused-ring (bicyclic) bond motifs is 3. The van der Waals surface area contributed by atoms with Crippen LogP contribution in [0.2, 0.25) is 0 Å². The molecule has 1 heterocycles. The van der Waals surface area contributed by atoms with Gasteiger partial charge in [-0.15, -0.1) is 0 Å². The van der Waals surface area contributed by atoms with Crippen LogP contribution in [-0.4, -0.2) is 18.6 Å². The van der Waals surface area contributed by atoms with Gasteiger partial charge in [-0.1, -0.05) is 39.0 Å². The number of hydrogen-bond acceptors (Lipinski definition) is 2. The van der Waals surface area contributed by atoms with Gasteiger partial charge in [0.2, 0.25) is 5.91 Å². The van der Waals surface area contributed by atoms with Gasteiger partial charge in [-0.3, -0.25) is 4.79 Å². The van der Waals surface area contributed by atoms with Gasteiger partial charge in [0.1, 0.15) is 6.61 Å². The fraction of sp³-hybridized carbons (Fsp3) is 0.533. The van der Waals surface area contributed by atoms with Crippen LogP contribution in [-0.2, 0) is 21.4 Å². The van der Waals surface area contributed by atoms with Crippen LogP contribution in [0.4, 0.5) is 0 Å². The molecule has 3 nitrogen and oxygen atoms in total. The Bertz CT molecular complexity index is 502. The van der Waals surface area contributed by atoms with E-state index in [-0.39, 0.29) is 30.1 Å². The number of carbonyl (C=O) groups excluding carboxylic acids is 1. The highest BCUT2D eigenvalue weighted by molar-refractivity contribution is 5.79. The maximum absolute atomic E-state index is 11.5. The molecule has 1 unspecified atom stereocenters. The largest absolute Gasteiger partial charge is 0.366 e. The molecule has 1 N–H and O–H groups in total. The molecule has 2 aliphatic rings. The molecule has 1 fully saturated rings. The van der Waals surface area contributed by atoms with E-state index < -0.39 is 0 Å². The van der Waals surface area contributed by atoms with Crippen molar-refractivity contribution >= 4 is 5.91 Å². The van der Waals surface area contributed by atoms with Gasteiger partial charge in [0.25, 0.3) is 0 Å². The van der Waals surface area contributed by atoms with Crippen LogP contribution < -0.4 is 5.32 Å². The lowest BCUT2D eigenvalue weighted by Gasteiger charge is -2.28. The van der Waals surface area contributed by atoms with Gasteiger partial charge in [0.05, 0.1) is 12.1 Å². The minimum absolute atomic E-state index is 0.00902. The maximum Gasteiger partial charge on any atom is 0.246 e. The number of ether oxygens (including phenoxy) is 1. The topological polar surface area (TPSA) is 38.3 Å². The number of nitrogens with one attached hydrogen (secondary N) is 1. The van der Waals surface area contributed by atoms with E-state index >= 15 is 0 Å². The molecule has 0 radical (unpaired) electrons. The average Bonchev–Trinajstić information content (AvgIpc) is 2.65. The zero-order chi connectivity index (χ0) is 12.9. The number of carbonyl (C=O) groups is 1. The monoisotopic (exact) mass is 245 g/mol. The molecule has 3 heteroatoms. The van der Waals surface area contributed by atoms with E-state index in [2.05, 4.69) is 44.3 Å². The second-order valence-electron chi connectivity index (χ2n) is 6.26. The highest BCUT2D eigenvalue weighted by Gasteiger charge is 2.38. The highest BCUT2D eigenvalue weighted by Crippen LogP contribution is 2.37. The Labute approximate surface area is 108 Å². The third-order valence-electron chi connectivity index (χ3n) is 3.88. The first-order valence-electron chi connectivity index (χ1n) is 6.49. The molecular formula is C15H19NO2. The summed E-state index contributed by atoms with van der Waals surface area (Å²) in [5.74, 6) is -0.00902. The molecule has 1 aliphatic heterocycles. The smallest absolute Gasteiger partial charge is 0.246 e. The van der Waals surface area contributed by atoms with Crippen molar-refractivity contribution in [1.82, 2.24) is 5.32 Å². The highest BCUT2D eigenvalue weighted by atomic mass is 16.5. The Morgan fingerprint density at radius 3 is 2.83 bits per heavy atom. The summed E-state index contributed by atoms with van der Waals surface area (Å²) in [6.07, 6.45) is 1.03. The van der Waals surface area contributed by atoms with Crippen LogP contribution in [0.25, 0.3) is 0 Å². The van der Waals surface area contributed by atoms with Crippen molar-refractivity contribution in [2.75, 3.05) is 6.61 Å². The molecule has 96 valence electrons. The summed E-state index contributed by atoms with van der Waals surface area (Å²) >= 11 is 0. The Balaban J connectivity index is 2.00. The van der Waals surface area contributed by atoms with Crippen molar-refractivity contribution in [3.8, 4) is 0 Å². The third kappa shape index (κ3) is 1.83. The SMILES string of the molecule is CC(C)(C)c1ccc2c(c1)[C@H]1NC(=O)COC1C2. The summed E-state index contributed by atoms with van der Waals surface area (Å²) in [4.78, 5) is 11.5. The second-order valence-corrected chi connectivity index (χ2v) is 6.26. The fourth-order valence-corrected chi connectivity index (χ4v) is 2.80. The number of rotatable bonds is 0. The van der Waals surface area contributed by atoms with Gasteiger partial charge in [-0.2, -0.15) is 0 Å². The van der Waals surface area contributed by atoms with Crippen LogP contribution in [0.3, 0.4) is 0 Å². The zero-order valence-corrected chi connectivity index (χ0v) is 11.1. The van der Waals surface area contributed by atoms with Gasteiger partial charge in [-0.05, 0) is 22.1 Å². The lowest BCUT2D eigenvalue weighted by molar-refractivity contribution is -0.136. The first-order valence-corrected chi connectivity index (χ1v) is 6.49. The van der Waals surface area contributed by atoms with E-state index in [0.29, 0.717) is 0 Å². The number of amides is 1. The Morgan fingerprint density at radius 2 is 2.11 bits per heavy atom. The first-order chi connectivity index (χ1) is 8.45. The Hall–Kier alpha value is -1.35. The molecule has 0 saturated carbocycles. The van der Waals surface area contributed by atoms with Crippen molar-refractivity contribution in [3.63, 3.8) is 0 Å². The van der Waals surface area contributed by atoms with Crippen LogP contribution in [0.1, 0.15) is 43.5 Å². The van der Waals surface area contributed by atoms with Crippen molar-refractivity contribution in [3.05, 3.63) is 34.9 Å². The van der Waals surface area contributed by atoms with Crippen molar-refractivity contribution in [1.29, 1.82) is 0 Å². The zero-order valence-electron chi connectivity index (χ0n) is 11.1. The molecule has 18 heavy (non-hydrogen) atoms. The molecular weight excluding hydrogens is 226 g/mol. The summed E-state index contributed by atoms with van der Waals surface area (Å²) < 4.78 is 5.61. The number of morpholine rings is 1. The van der Waals surface area contributed by atoms with Gasteiger partial charge in [-0.25, -0.2) is 0 Å². The van der Waals surface area contributed by atoms with Gasteiger partial charge in [0, 0.05) is 6.42 Å². The second kappa shape index (κ2) is 3.82. The molecule has 0 bridgehead atoms. The predicted molar refractivity (Wildman–Crippen MR) is 69.5 cm³/mol. The molecule has 3 rings (SSSR count). The normalized spacial score (nSPS) is 26.5. The third-order valence-corrected chi connectivity index (χ3v) is 3.88.